The van der Waals surface area contributed by atoms with Crippen LogP contribution in [0.1, 0.15) is 67.1 Å². The number of ether oxygens (including phenoxy) is 7. The summed E-state index contributed by atoms with van der Waals surface area (Å²) in [4.78, 5) is 49.7. The first-order valence-corrected chi connectivity index (χ1v) is 23.8. The highest BCUT2D eigenvalue weighted by molar-refractivity contribution is 6.02. The van der Waals surface area contributed by atoms with Crippen molar-refractivity contribution in [3.63, 3.8) is 0 Å². The predicted octanol–water partition coefficient (Wildman–Crippen LogP) is 6.87. The van der Waals surface area contributed by atoms with Gasteiger partial charge in [-0.15, -0.1) is 0 Å². The molecule has 1 aliphatic rings. The van der Waals surface area contributed by atoms with Crippen molar-refractivity contribution < 1.29 is 52.0 Å². The standard InChI is InChI=1S/C33H49N5O7.C18H14O5.C3H8/c1-26(39)11-12-31(40)37-25-27-7-3-4-8-28(27)33(32(34)29-9-5-6-10-30(29)37)38(35)14-16-42-18-20-44-22-24-45-23-21-43-19-17-41-15-13-36-2;1-21-15-8-7-13-14(20)9-16(23-17(13)18(15)22-2)12-5-3-11(10-19)4-6-12;1-3-2/h3-10,36H,11-25,34-35H2,1-2H3;3-10H,1-2H3;3H2,1-2H3/b33-32-;;. The van der Waals surface area contributed by atoms with Gasteiger partial charge in [0.25, 0.3) is 0 Å². The molecule has 0 spiro atoms. The molecule has 1 aliphatic heterocycles. The summed E-state index contributed by atoms with van der Waals surface area (Å²) in [5.74, 6) is 7.69. The fourth-order valence-electron chi connectivity index (χ4n) is 7.13. The van der Waals surface area contributed by atoms with E-state index in [-0.39, 0.29) is 30.0 Å². The topological polar surface area (TPSA) is 217 Å². The van der Waals surface area contributed by atoms with Crippen molar-refractivity contribution in [3.05, 3.63) is 123 Å². The van der Waals surface area contributed by atoms with Crippen LogP contribution in [0, 0.1) is 0 Å². The Labute approximate surface area is 416 Å². The minimum atomic E-state index is -0.179. The van der Waals surface area contributed by atoms with E-state index in [9.17, 15) is 19.2 Å². The summed E-state index contributed by atoms with van der Waals surface area (Å²) in [5.41, 5.74) is 12.4. The molecule has 1 aromatic heterocycles. The molecular formula is C54H71N5O12. The van der Waals surface area contributed by atoms with Crippen LogP contribution in [-0.4, -0.2) is 123 Å². The van der Waals surface area contributed by atoms with Gasteiger partial charge in [-0.1, -0.05) is 87.0 Å². The summed E-state index contributed by atoms with van der Waals surface area (Å²) < 4.78 is 44.2. The largest absolute Gasteiger partial charge is 0.493 e. The first-order valence-electron chi connectivity index (χ1n) is 23.8. The third kappa shape index (κ3) is 17.7. The van der Waals surface area contributed by atoms with Gasteiger partial charge in [0.1, 0.15) is 17.8 Å². The number of nitrogens with zero attached hydrogens (tertiary/aromatic N) is 2. The number of aldehydes is 1. The van der Waals surface area contributed by atoms with Crippen LogP contribution in [0.4, 0.5) is 5.69 Å². The minimum Gasteiger partial charge on any atom is -0.493 e. The van der Waals surface area contributed by atoms with E-state index in [2.05, 4.69) is 19.2 Å². The first kappa shape index (κ1) is 57.1. The van der Waals surface area contributed by atoms with Crippen LogP contribution < -0.4 is 36.7 Å². The number of methoxy groups -OCH3 is 2. The summed E-state index contributed by atoms with van der Waals surface area (Å²) in [6, 6.07) is 26.7. The molecule has 0 radical (unpaired) electrons. The second-order valence-electron chi connectivity index (χ2n) is 16.1. The van der Waals surface area contributed by atoms with Crippen molar-refractivity contribution in [2.45, 2.75) is 46.6 Å². The molecular weight excluding hydrogens is 911 g/mol. The number of hydrogen-bond donors (Lipinski definition) is 3. The number of benzene rings is 4. The first-order chi connectivity index (χ1) is 34.5. The zero-order valence-corrected chi connectivity index (χ0v) is 42.0. The number of nitrogens with one attached hydrogen (secondary N) is 1. The van der Waals surface area contributed by atoms with Crippen molar-refractivity contribution in [3.8, 4) is 22.8 Å². The molecule has 17 heteroatoms. The summed E-state index contributed by atoms with van der Waals surface area (Å²) in [6.07, 6.45) is 2.33. The van der Waals surface area contributed by atoms with E-state index >= 15 is 0 Å². The molecule has 0 saturated carbocycles. The maximum absolute atomic E-state index is 13.3. The molecule has 0 atom stereocenters. The predicted molar refractivity (Wildman–Crippen MR) is 276 cm³/mol. The van der Waals surface area contributed by atoms with Crippen LogP contribution in [0.5, 0.6) is 11.5 Å². The fraction of sp³-hybridized carbons (Fsp3) is 0.407. The minimum absolute atomic E-state index is 0.0256. The molecule has 0 fully saturated rings. The Bertz CT molecular complexity index is 2510. The number of amides is 1. The van der Waals surface area contributed by atoms with Crippen molar-refractivity contribution in [2.24, 2.45) is 11.6 Å². The van der Waals surface area contributed by atoms with E-state index in [4.69, 9.17) is 49.2 Å². The lowest BCUT2D eigenvalue weighted by atomic mass is 9.95. The van der Waals surface area contributed by atoms with Crippen molar-refractivity contribution in [1.29, 1.82) is 0 Å². The van der Waals surface area contributed by atoms with E-state index in [1.54, 1.807) is 46.3 Å². The van der Waals surface area contributed by atoms with Gasteiger partial charge < -0.3 is 63.3 Å². The molecule has 71 heavy (non-hydrogen) atoms. The quantitative estimate of drug-likeness (QED) is 0.0223. The number of para-hydroxylation sites is 1. The SMILES string of the molecule is CCC.CNCCOCCOCCOCCOCCOCCN(N)/C1=C(\N)c2ccccc2N(C(=O)CCC(C)=O)Cc2ccccc21.COc1ccc2c(=O)cc(-c3ccc(C=O)cc3)oc2c1OC. The number of hydrazine groups is 1. The van der Waals surface area contributed by atoms with Crippen LogP contribution in [-0.2, 0) is 39.8 Å². The van der Waals surface area contributed by atoms with Gasteiger partial charge in [-0.05, 0) is 37.7 Å². The highest BCUT2D eigenvalue weighted by atomic mass is 16.6. The Hall–Kier alpha value is -6.44. The fourth-order valence-corrected chi connectivity index (χ4v) is 7.13. The second-order valence-corrected chi connectivity index (χ2v) is 16.1. The van der Waals surface area contributed by atoms with Gasteiger partial charge in [0.05, 0.1) is 116 Å². The molecule has 1 amide bonds. The Morgan fingerprint density at radius 3 is 1.92 bits per heavy atom. The molecule has 0 saturated heterocycles. The van der Waals surface area contributed by atoms with Crippen LogP contribution in [0.25, 0.3) is 33.7 Å². The molecule has 0 bridgehead atoms. The normalized spacial score (nSPS) is 12.8. The van der Waals surface area contributed by atoms with E-state index < -0.39 is 0 Å². The lowest BCUT2D eigenvalue weighted by Crippen LogP contribution is -2.37. The number of ketones is 1. The maximum atomic E-state index is 13.3. The average Bonchev–Trinajstić information content (AvgIpc) is 3.38. The number of nitrogens with two attached hydrogens (primary N) is 2. The molecule has 384 valence electrons. The lowest BCUT2D eigenvalue weighted by Gasteiger charge is -2.33. The highest BCUT2D eigenvalue weighted by Crippen LogP contribution is 2.38. The van der Waals surface area contributed by atoms with Crippen molar-refractivity contribution in [1.82, 2.24) is 10.3 Å². The van der Waals surface area contributed by atoms with Gasteiger partial charge in [0, 0.05) is 47.7 Å². The van der Waals surface area contributed by atoms with Crippen molar-refractivity contribution >= 4 is 46.0 Å². The molecule has 17 nitrogen and oxygen atoms in total. The number of carbonyl (C=O) groups is 3. The Balaban J connectivity index is 0.000000349. The van der Waals surface area contributed by atoms with Gasteiger partial charge in [-0.3, -0.25) is 14.4 Å². The molecule has 5 aromatic rings. The zero-order valence-electron chi connectivity index (χ0n) is 42.0. The van der Waals surface area contributed by atoms with Gasteiger partial charge in [-0.2, -0.15) is 0 Å². The molecule has 6 rings (SSSR count). The van der Waals surface area contributed by atoms with E-state index in [1.807, 2.05) is 55.6 Å². The van der Waals surface area contributed by atoms with Crippen LogP contribution in [0.15, 0.2) is 100 Å². The average molecular weight is 982 g/mol. The van der Waals surface area contributed by atoms with E-state index in [1.165, 1.54) is 33.6 Å². The Kier molecular flexibility index (Phi) is 25.5. The summed E-state index contributed by atoms with van der Waals surface area (Å²) in [6.45, 7) is 12.2. The number of anilines is 1. The number of hydrogen-bond acceptors (Lipinski definition) is 16. The number of Topliss-reactive ketones (excluding diaryl/α,β-unsaturated/α-hetero) is 1. The zero-order chi connectivity index (χ0) is 51.4. The molecule has 0 aliphatic carbocycles. The molecule has 2 heterocycles. The smallest absolute Gasteiger partial charge is 0.227 e. The summed E-state index contributed by atoms with van der Waals surface area (Å²) >= 11 is 0. The van der Waals surface area contributed by atoms with Crippen LogP contribution in [0.2, 0.25) is 0 Å². The summed E-state index contributed by atoms with van der Waals surface area (Å²) in [5, 5.41) is 5.03. The maximum Gasteiger partial charge on any atom is 0.227 e. The Morgan fingerprint density at radius 1 is 0.761 bits per heavy atom. The third-order valence-corrected chi connectivity index (χ3v) is 10.7. The lowest BCUT2D eigenvalue weighted by molar-refractivity contribution is -0.123. The van der Waals surface area contributed by atoms with E-state index in [0.29, 0.717) is 141 Å². The van der Waals surface area contributed by atoms with Crippen LogP contribution in [0.3, 0.4) is 0 Å². The van der Waals surface area contributed by atoms with Gasteiger partial charge in [0.2, 0.25) is 11.7 Å². The van der Waals surface area contributed by atoms with Gasteiger partial charge in [0.15, 0.2) is 16.8 Å². The molecule has 5 N–H and O–H groups in total. The number of carbonyl (C=O) groups excluding carboxylic acids is 3. The second kappa shape index (κ2) is 31.7. The van der Waals surface area contributed by atoms with E-state index in [0.717, 1.165) is 24.0 Å². The van der Waals surface area contributed by atoms with Crippen LogP contribution >= 0.6 is 0 Å². The monoisotopic (exact) mass is 982 g/mol. The molecule has 4 aromatic carbocycles. The Morgan fingerprint density at radius 2 is 1.34 bits per heavy atom. The van der Waals surface area contributed by atoms with Gasteiger partial charge >= 0.3 is 0 Å². The highest BCUT2D eigenvalue weighted by Gasteiger charge is 2.28. The van der Waals surface area contributed by atoms with Gasteiger partial charge in [-0.25, -0.2) is 5.84 Å². The third-order valence-electron chi connectivity index (χ3n) is 10.7. The summed E-state index contributed by atoms with van der Waals surface area (Å²) in [7, 11) is 4.89. The van der Waals surface area contributed by atoms with Crippen molar-refractivity contribution in [2.75, 3.05) is 105 Å². The number of fused-ring (bicyclic) bond motifs is 3. The molecule has 0 unspecified atom stereocenters. The number of likely N-dealkylation sites (N-methyl/N-ethyl adjacent to an activating group) is 1. The number of rotatable bonds is 26.